The van der Waals surface area contributed by atoms with Crippen LogP contribution in [0.1, 0.15) is 23.4 Å². The molecule has 0 atom stereocenters. The van der Waals surface area contributed by atoms with Gasteiger partial charge < -0.3 is 5.73 Å². The Bertz CT molecular complexity index is 391. The lowest BCUT2D eigenvalue weighted by molar-refractivity contribution is -0.139. The molecule has 0 aliphatic carbocycles. The van der Waals surface area contributed by atoms with Crippen LogP contribution in [0.3, 0.4) is 0 Å². The zero-order valence-corrected chi connectivity index (χ0v) is 9.24. The minimum Gasteiger partial charge on any atom is -0.325 e. The van der Waals surface area contributed by atoms with Crippen LogP contribution in [-0.4, -0.2) is 4.98 Å². The zero-order chi connectivity index (χ0) is 12.5. The van der Waals surface area contributed by atoms with Crippen molar-refractivity contribution in [3.63, 3.8) is 0 Å². The lowest BCUT2D eigenvalue weighted by Gasteiger charge is -2.14. The van der Waals surface area contributed by atoms with Crippen LogP contribution < -0.4 is 5.73 Å². The van der Waals surface area contributed by atoms with Crippen LogP contribution in [0.25, 0.3) is 0 Å². The highest BCUT2D eigenvalue weighted by Gasteiger charge is 2.37. The van der Waals surface area contributed by atoms with Gasteiger partial charge in [-0.3, -0.25) is 0 Å². The average Bonchev–Trinajstić information content (AvgIpc) is 2.14. The van der Waals surface area contributed by atoms with Crippen LogP contribution in [-0.2, 0) is 12.7 Å². The number of nitrogens with two attached hydrogens (primary N) is 1. The van der Waals surface area contributed by atoms with E-state index >= 15 is 0 Å². The molecule has 1 rings (SSSR count). The van der Waals surface area contributed by atoms with E-state index in [0.29, 0.717) is 6.07 Å². The van der Waals surface area contributed by atoms with Gasteiger partial charge in [0.2, 0.25) is 0 Å². The maximum Gasteiger partial charge on any atom is 0.419 e. The molecular formula is C8H6BrF5N2. The fourth-order valence-electron chi connectivity index (χ4n) is 1.14. The molecule has 0 bridgehead atoms. The van der Waals surface area contributed by atoms with Crippen LogP contribution in [0, 0.1) is 0 Å². The molecule has 2 nitrogen and oxygen atoms in total. The number of hydrogen-bond acceptors (Lipinski definition) is 2. The first kappa shape index (κ1) is 13.3. The molecule has 0 aromatic carbocycles. The van der Waals surface area contributed by atoms with E-state index < -0.39 is 40.6 Å². The Morgan fingerprint density at radius 1 is 1.38 bits per heavy atom. The minimum absolute atomic E-state index is 0.481. The van der Waals surface area contributed by atoms with Crippen LogP contribution in [0.15, 0.2) is 10.5 Å². The third-order valence-corrected chi connectivity index (χ3v) is 2.39. The van der Waals surface area contributed by atoms with Gasteiger partial charge in [0.15, 0.2) is 0 Å². The van der Waals surface area contributed by atoms with Crippen molar-refractivity contribution in [1.82, 2.24) is 4.98 Å². The molecule has 0 aliphatic rings. The zero-order valence-electron chi connectivity index (χ0n) is 7.65. The van der Waals surface area contributed by atoms with Crippen molar-refractivity contribution < 1.29 is 22.0 Å². The van der Waals surface area contributed by atoms with Gasteiger partial charge in [0.1, 0.15) is 5.69 Å². The van der Waals surface area contributed by atoms with Gasteiger partial charge in [0.25, 0.3) is 6.43 Å². The molecule has 0 unspecified atom stereocenters. The van der Waals surface area contributed by atoms with Gasteiger partial charge in [0, 0.05) is 11.0 Å². The number of rotatable bonds is 2. The molecule has 1 heterocycles. The summed E-state index contributed by atoms with van der Waals surface area (Å²) in [5.41, 5.74) is 2.61. The normalized spacial score (nSPS) is 12.2. The average molecular weight is 305 g/mol. The summed E-state index contributed by atoms with van der Waals surface area (Å²) in [5, 5.41) is 0. The Balaban J connectivity index is 3.41. The van der Waals surface area contributed by atoms with Gasteiger partial charge in [-0.05, 0) is 6.07 Å². The molecule has 0 radical (unpaired) electrons. The quantitative estimate of drug-likeness (QED) is 0.852. The molecule has 2 N–H and O–H groups in total. The smallest absolute Gasteiger partial charge is 0.325 e. The monoisotopic (exact) mass is 304 g/mol. The Hall–Kier alpha value is -0.760. The van der Waals surface area contributed by atoms with E-state index in [1.165, 1.54) is 0 Å². The molecule has 1 aromatic heterocycles. The molecule has 1 aromatic rings. The van der Waals surface area contributed by atoms with Crippen molar-refractivity contribution in [1.29, 1.82) is 0 Å². The number of aromatic nitrogens is 1. The predicted molar refractivity (Wildman–Crippen MR) is 49.8 cm³/mol. The molecule has 0 amide bonds. The van der Waals surface area contributed by atoms with Gasteiger partial charge in [0.05, 0.1) is 11.3 Å². The van der Waals surface area contributed by atoms with Crippen LogP contribution in [0.2, 0.25) is 0 Å². The van der Waals surface area contributed by atoms with Crippen molar-refractivity contribution in [2.24, 2.45) is 5.73 Å². The molecule has 8 heteroatoms. The summed E-state index contributed by atoms with van der Waals surface area (Å²) in [7, 11) is 0. The van der Waals surface area contributed by atoms with Gasteiger partial charge in [-0.15, -0.1) is 0 Å². The SMILES string of the molecule is NCc1nc(C(F)F)cc(Br)c1C(F)(F)F. The Kier molecular flexibility index (Phi) is 3.84. The Morgan fingerprint density at radius 2 is 1.94 bits per heavy atom. The Morgan fingerprint density at radius 3 is 2.31 bits per heavy atom. The maximum absolute atomic E-state index is 12.5. The fraction of sp³-hybridized carbons (Fsp3) is 0.375. The highest BCUT2D eigenvalue weighted by atomic mass is 79.9. The van der Waals surface area contributed by atoms with Gasteiger partial charge >= 0.3 is 6.18 Å². The molecule has 0 fully saturated rings. The Labute approximate surface area is 95.8 Å². The maximum atomic E-state index is 12.5. The summed E-state index contributed by atoms with van der Waals surface area (Å²) >= 11 is 2.59. The molecule has 0 saturated heterocycles. The van der Waals surface area contributed by atoms with Crippen LogP contribution in [0.5, 0.6) is 0 Å². The van der Waals surface area contributed by atoms with E-state index in [2.05, 4.69) is 20.9 Å². The van der Waals surface area contributed by atoms with Crippen molar-refractivity contribution in [3.05, 3.63) is 27.5 Å². The predicted octanol–water partition coefficient (Wildman–Crippen LogP) is 3.26. The molecule has 16 heavy (non-hydrogen) atoms. The summed E-state index contributed by atoms with van der Waals surface area (Å²) in [6, 6.07) is 0.645. The molecule has 0 saturated carbocycles. The first-order valence-electron chi connectivity index (χ1n) is 4.02. The van der Waals surface area contributed by atoms with E-state index in [-0.39, 0.29) is 0 Å². The second kappa shape index (κ2) is 4.62. The fourth-order valence-corrected chi connectivity index (χ4v) is 1.83. The van der Waals surface area contributed by atoms with E-state index in [9.17, 15) is 22.0 Å². The lowest BCUT2D eigenvalue weighted by atomic mass is 10.1. The number of alkyl halides is 5. The van der Waals surface area contributed by atoms with Gasteiger partial charge in [-0.2, -0.15) is 13.2 Å². The van der Waals surface area contributed by atoms with E-state index in [1.54, 1.807) is 0 Å². The summed E-state index contributed by atoms with van der Waals surface area (Å²) in [6.45, 7) is -0.562. The molecule has 90 valence electrons. The first-order valence-corrected chi connectivity index (χ1v) is 4.81. The van der Waals surface area contributed by atoms with Crippen LogP contribution in [0.4, 0.5) is 22.0 Å². The molecular weight excluding hydrogens is 299 g/mol. The second-order valence-corrected chi connectivity index (χ2v) is 3.71. The summed E-state index contributed by atoms with van der Waals surface area (Å²) in [5.74, 6) is 0. The van der Waals surface area contributed by atoms with Crippen molar-refractivity contribution >= 4 is 15.9 Å². The summed E-state index contributed by atoms with van der Waals surface area (Å²) in [6.07, 6.45) is -7.62. The third kappa shape index (κ3) is 2.67. The number of hydrogen-bond donors (Lipinski definition) is 1. The van der Waals surface area contributed by atoms with E-state index in [1.807, 2.05) is 0 Å². The van der Waals surface area contributed by atoms with E-state index in [4.69, 9.17) is 5.73 Å². The van der Waals surface area contributed by atoms with Gasteiger partial charge in [-0.1, -0.05) is 15.9 Å². The third-order valence-electron chi connectivity index (χ3n) is 1.77. The van der Waals surface area contributed by atoms with Crippen molar-refractivity contribution in [3.8, 4) is 0 Å². The number of pyridine rings is 1. The highest BCUT2D eigenvalue weighted by molar-refractivity contribution is 9.10. The van der Waals surface area contributed by atoms with E-state index in [0.717, 1.165) is 0 Å². The first-order chi connectivity index (χ1) is 7.27. The van der Waals surface area contributed by atoms with Crippen molar-refractivity contribution in [2.75, 3.05) is 0 Å². The summed E-state index contributed by atoms with van der Waals surface area (Å²) in [4.78, 5) is 3.19. The topological polar surface area (TPSA) is 38.9 Å². The largest absolute Gasteiger partial charge is 0.419 e. The number of nitrogens with zero attached hydrogens (tertiary/aromatic N) is 1. The molecule has 0 spiro atoms. The lowest BCUT2D eigenvalue weighted by Crippen LogP contribution is -2.16. The highest BCUT2D eigenvalue weighted by Crippen LogP contribution is 2.38. The molecule has 0 aliphatic heterocycles. The standard InChI is InChI=1S/C8H6BrF5N2/c9-3-1-4(7(10)11)16-5(2-15)6(3)8(12,13)14/h1,7H,2,15H2. The van der Waals surface area contributed by atoms with Crippen LogP contribution >= 0.6 is 15.9 Å². The van der Waals surface area contributed by atoms with Crippen molar-refractivity contribution in [2.45, 2.75) is 19.1 Å². The van der Waals surface area contributed by atoms with Gasteiger partial charge in [-0.25, -0.2) is 13.8 Å². The number of halogens is 6. The summed E-state index contributed by atoms with van der Waals surface area (Å²) < 4.78 is 61.6. The minimum atomic E-state index is -4.68. The second-order valence-electron chi connectivity index (χ2n) is 2.85.